The van der Waals surface area contributed by atoms with E-state index >= 15 is 0 Å². The third kappa shape index (κ3) is 6.06. The molecule has 1 fully saturated rings. The Morgan fingerprint density at radius 2 is 1.68 bits per heavy atom. The number of carbonyl (C=O) groups excluding carboxylic acids is 2. The number of carbonyl (C=O) groups is 2. The highest BCUT2D eigenvalue weighted by Gasteiger charge is 2.33. The van der Waals surface area contributed by atoms with Gasteiger partial charge >= 0.3 is 0 Å². The van der Waals surface area contributed by atoms with Crippen LogP contribution >= 0.6 is 34.7 Å². The zero-order valence-corrected chi connectivity index (χ0v) is 25.0. The van der Waals surface area contributed by atoms with E-state index in [9.17, 15) is 14.0 Å². The van der Waals surface area contributed by atoms with E-state index in [1.54, 1.807) is 35.8 Å². The van der Waals surface area contributed by atoms with Crippen LogP contribution in [0.2, 0.25) is 5.02 Å². The van der Waals surface area contributed by atoms with E-state index in [2.05, 4.69) is 0 Å². The molecular formula is C31H30Cl2FN3O3S. The summed E-state index contributed by atoms with van der Waals surface area (Å²) in [7, 11) is 3.45. The Balaban J connectivity index is 1.53. The standard InChI is InChI=1S/C31H30Cl2FN3O3S/c1-36(33)22-11-13-23(14-12-22)37(31(39)29-28(32)27-24(34)4-3-5-26(27)41-29)17-21-16-20(10-15-25(21)40-2)18-6-8-19(9-7-18)30(35)38/h3-10,15-16,22-23H,11-14,17H2,1-2H3,(H2,35,38). The molecule has 214 valence electrons. The van der Waals surface area contributed by atoms with Gasteiger partial charge in [-0.1, -0.05) is 35.9 Å². The molecule has 1 saturated carbocycles. The van der Waals surface area contributed by atoms with E-state index in [-0.39, 0.29) is 34.9 Å². The molecule has 2 amide bonds. The molecular weight excluding hydrogens is 584 g/mol. The minimum absolute atomic E-state index is 0.0651. The normalized spacial score (nSPS) is 17.1. The Kier molecular flexibility index (Phi) is 8.85. The Labute approximate surface area is 252 Å². The van der Waals surface area contributed by atoms with E-state index in [0.717, 1.165) is 42.4 Å². The fourth-order valence-electron chi connectivity index (χ4n) is 5.52. The summed E-state index contributed by atoms with van der Waals surface area (Å²) in [5.41, 5.74) is 8.44. The van der Waals surface area contributed by atoms with Gasteiger partial charge in [0.05, 0.1) is 12.1 Å². The van der Waals surface area contributed by atoms with Crippen LogP contribution in [0.15, 0.2) is 60.7 Å². The van der Waals surface area contributed by atoms with Gasteiger partial charge in [-0.2, -0.15) is 0 Å². The van der Waals surface area contributed by atoms with Gasteiger partial charge in [0.1, 0.15) is 16.4 Å². The van der Waals surface area contributed by atoms with Crippen molar-refractivity contribution in [3.8, 4) is 16.9 Å². The Bertz CT molecular complexity index is 1580. The molecule has 0 spiro atoms. The van der Waals surface area contributed by atoms with Crippen LogP contribution in [0, 0.1) is 5.82 Å². The first-order valence-corrected chi connectivity index (χ1v) is 14.8. The van der Waals surface area contributed by atoms with Crippen molar-refractivity contribution in [2.75, 3.05) is 14.2 Å². The smallest absolute Gasteiger partial charge is 0.266 e. The number of amides is 2. The van der Waals surface area contributed by atoms with Crippen LogP contribution < -0.4 is 10.5 Å². The molecule has 0 atom stereocenters. The number of fused-ring (bicyclic) bond motifs is 1. The zero-order valence-electron chi connectivity index (χ0n) is 22.7. The molecule has 1 aromatic heterocycles. The molecule has 0 aliphatic heterocycles. The highest BCUT2D eigenvalue weighted by molar-refractivity contribution is 7.21. The van der Waals surface area contributed by atoms with E-state index in [1.165, 1.54) is 17.4 Å². The number of rotatable bonds is 8. The van der Waals surface area contributed by atoms with Crippen molar-refractivity contribution in [2.24, 2.45) is 5.73 Å². The van der Waals surface area contributed by atoms with Gasteiger partial charge in [0.2, 0.25) is 5.91 Å². The van der Waals surface area contributed by atoms with Gasteiger partial charge in [-0.3, -0.25) is 9.59 Å². The molecule has 0 radical (unpaired) electrons. The lowest BCUT2D eigenvalue weighted by Crippen LogP contribution is -2.44. The second-order valence-electron chi connectivity index (χ2n) is 10.2. The quantitative estimate of drug-likeness (QED) is 0.209. The third-order valence-corrected chi connectivity index (χ3v) is 9.70. The largest absolute Gasteiger partial charge is 0.496 e. The average molecular weight is 615 g/mol. The lowest BCUT2D eigenvalue weighted by Gasteiger charge is -2.38. The second-order valence-corrected chi connectivity index (χ2v) is 12.2. The highest BCUT2D eigenvalue weighted by Crippen LogP contribution is 2.40. The zero-order chi connectivity index (χ0) is 29.3. The van der Waals surface area contributed by atoms with Crippen LogP contribution in [0.3, 0.4) is 0 Å². The van der Waals surface area contributed by atoms with E-state index in [0.29, 0.717) is 20.9 Å². The Morgan fingerprint density at radius 1 is 1.02 bits per heavy atom. The lowest BCUT2D eigenvalue weighted by atomic mass is 9.89. The first-order chi connectivity index (χ1) is 19.7. The molecule has 5 rings (SSSR count). The summed E-state index contributed by atoms with van der Waals surface area (Å²) in [5.74, 6) is -0.535. The first kappa shape index (κ1) is 29.3. The number of hydrogen-bond acceptors (Lipinski definition) is 5. The molecule has 1 heterocycles. The average Bonchev–Trinajstić information content (AvgIpc) is 3.32. The number of halogens is 3. The maximum Gasteiger partial charge on any atom is 0.266 e. The van der Waals surface area contributed by atoms with Gasteiger partial charge in [0.25, 0.3) is 5.91 Å². The topological polar surface area (TPSA) is 75.9 Å². The van der Waals surface area contributed by atoms with Crippen molar-refractivity contribution in [3.05, 3.63) is 87.5 Å². The molecule has 0 unspecified atom stereocenters. The molecule has 1 aliphatic carbocycles. The molecule has 0 bridgehead atoms. The predicted octanol–water partition coefficient (Wildman–Crippen LogP) is 7.51. The Hall–Kier alpha value is -3.17. The van der Waals surface area contributed by atoms with Gasteiger partial charge in [0, 0.05) is 46.9 Å². The SMILES string of the molecule is COc1ccc(-c2ccc(C(N)=O)cc2)cc1CN(C(=O)c1sc2cccc(F)c2c1Cl)C1CCC(N(C)Cl)CC1. The maximum atomic E-state index is 14.7. The Morgan fingerprint density at radius 3 is 2.29 bits per heavy atom. The molecule has 41 heavy (non-hydrogen) atoms. The lowest BCUT2D eigenvalue weighted by molar-refractivity contribution is 0.0589. The van der Waals surface area contributed by atoms with Crippen molar-refractivity contribution in [2.45, 2.75) is 44.3 Å². The van der Waals surface area contributed by atoms with Crippen LogP contribution in [0.4, 0.5) is 4.39 Å². The van der Waals surface area contributed by atoms with Crippen molar-refractivity contribution in [1.29, 1.82) is 0 Å². The summed E-state index contributed by atoms with van der Waals surface area (Å²) in [6, 6.07) is 17.7. The van der Waals surface area contributed by atoms with Crippen molar-refractivity contribution < 1.29 is 18.7 Å². The van der Waals surface area contributed by atoms with Crippen LogP contribution in [-0.2, 0) is 6.54 Å². The fourth-order valence-corrected chi connectivity index (χ4v) is 7.23. The van der Waals surface area contributed by atoms with Crippen molar-refractivity contribution >= 4 is 56.6 Å². The number of primary amides is 1. The molecule has 4 aromatic rings. The predicted molar refractivity (Wildman–Crippen MR) is 163 cm³/mol. The number of thiophene rings is 1. The fraction of sp³-hybridized carbons (Fsp3) is 0.290. The monoisotopic (exact) mass is 613 g/mol. The number of nitrogens with zero attached hydrogens (tertiary/aromatic N) is 2. The van der Waals surface area contributed by atoms with Crippen molar-refractivity contribution in [3.63, 3.8) is 0 Å². The summed E-state index contributed by atoms with van der Waals surface area (Å²) >= 11 is 14.1. The van der Waals surface area contributed by atoms with E-state index in [4.69, 9.17) is 33.8 Å². The number of hydrogen-bond donors (Lipinski definition) is 1. The van der Waals surface area contributed by atoms with Crippen LogP contribution in [0.1, 0.15) is 51.3 Å². The summed E-state index contributed by atoms with van der Waals surface area (Å²) in [6.07, 6.45) is 3.21. The van der Waals surface area contributed by atoms with Crippen molar-refractivity contribution in [1.82, 2.24) is 9.32 Å². The van der Waals surface area contributed by atoms with Crippen LogP contribution in [-0.4, -0.2) is 47.4 Å². The van der Waals surface area contributed by atoms with Gasteiger partial charge in [-0.25, -0.2) is 8.81 Å². The second kappa shape index (κ2) is 12.4. The van der Waals surface area contributed by atoms with Gasteiger partial charge < -0.3 is 15.4 Å². The van der Waals surface area contributed by atoms with E-state index in [1.807, 2.05) is 42.3 Å². The van der Waals surface area contributed by atoms with Gasteiger partial charge in [-0.05, 0) is 85.0 Å². The summed E-state index contributed by atoms with van der Waals surface area (Å²) < 4.78 is 22.7. The van der Waals surface area contributed by atoms with Gasteiger partial charge in [0.15, 0.2) is 0 Å². The highest BCUT2D eigenvalue weighted by atomic mass is 35.5. The van der Waals surface area contributed by atoms with Crippen LogP contribution in [0.5, 0.6) is 5.75 Å². The summed E-state index contributed by atoms with van der Waals surface area (Å²) in [5, 5.41) is 0.413. The number of nitrogens with two attached hydrogens (primary N) is 1. The maximum absolute atomic E-state index is 14.7. The van der Waals surface area contributed by atoms with Gasteiger partial charge in [-0.15, -0.1) is 11.3 Å². The third-order valence-electron chi connectivity index (χ3n) is 7.80. The summed E-state index contributed by atoms with van der Waals surface area (Å²) in [4.78, 5) is 27.9. The number of ether oxygens (including phenoxy) is 1. The number of benzene rings is 3. The minimum atomic E-state index is -0.490. The molecule has 6 nitrogen and oxygen atoms in total. The molecule has 3 aromatic carbocycles. The first-order valence-electron chi connectivity index (χ1n) is 13.3. The van der Waals surface area contributed by atoms with Crippen LogP contribution in [0.25, 0.3) is 21.2 Å². The van der Waals surface area contributed by atoms with E-state index < -0.39 is 11.7 Å². The number of methoxy groups -OCH3 is 1. The molecule has 1 aliphatic rings. The summed E-state index contributed by atoms with van der Waals surface area (Å²) in [6.45, 7) is 0.272. The molecule has 2 N–H and O–H groups in total. The minimum Gasteiger partial charge on any atom is -0.496 e. The molecule has 0 saturated heterocycles. The molecule has 10 heteroatoms.